The van der Waals surface area contributed by atoms with Crippen molar-refractivity contribution in [1.29, 1.82) is 0 Å². The standard InChI is InChI=1S/C21H21N5OS4/c1-14-3-7-16(8-4-14)12-29-20-25-26-21(31-20)30-13-18(27)24-22-11-19(28)23-17-9-5-15(2)6-10-17/h3-11H,12-13H2,1-2H3,(H,23,28)(H,24,27). The summed E-state index contributed by atoms with van der Waals surface area (Å²) in [5.74, 6) is 0.807. The van der Waals surface area contributed by atoms with E-state index in [9.17, 15) is 4.79 Å². The molecular weight excluding hydrogens is 467 g/mol. The first-order chi connectivity index (χ1) is 15.0. The van der Waals surface area contributed by atoms with Crippen molar-refractivity contribution in [3.63, 3.8) is 0 Å². The maximum Gasteiger partial charge on any atom is 0.250 e. The quantitative estimate of drug-likeness (QED) is 0.189. The van der Waals surface area contributed by atoms with Crippen LogP contribution in [-0.2, 0) is 10.5 Å². The molecule has 0 fully saturated rings. The van der Waals surface area contributed by atoms with Gasteiger partial charge in [-0.15, -0.1) is 10.2 Å². The number of hydrogen-bond donors (Lipinski definition) is 2. The monoisotopic (exact) mass is 487 g/mol. The van der Waals surface area contributed by atoms with Crippen LogP contribution in [0.15, 0.2) is 62.3 Å². The Labute approximate surface area is 199 Å². The summed E-state index contributed by atoms with van der Waals surface area (Å²) in [5, 5.41) is 15.2. The number of amides is 1. The largest absolute Gasteiger partial charge is 0.345 e. The van der Waals surface area contributed by atoms with Gasteiger partial charge in [0.2, 0.25) is 0 Å². The van der Waals surface area contributed by atoms with Gasteiger partial charge < -0.3 is 5.32 Å². The lowest BCUT2D eigenvalue weighted by Crippen LogP contribution is -2.21. The summed E-state index contributed by atoms with van der Waals surface area (Å²) in [6.45, 7) is 4.09. The van der Waals surface area contributed by atoms with Gasteiger partial charge in [0.25, 0.3) is 5.91 Å². The van der Waals surface area contributed by atoms with Crippen LogP contribution in [0.2, 0.25) is 0 Å². The number of rotatable bonds is 9. The number of nitrogens with zero attached hydrogens (tertiary/aromatic N) is 3. The van der Waals surface area contributed by atoms with Crippen molar-refractivity contribution < 1.29 is 4.79 Å². The van der Waals surface area contributed by atoms with Crippen LogP contribution in [0.3, 0.4) is 0 Å². The fraction of sp³-hybridized carbons (Fsp3) is 0.190. The zero-order chi connectivity index (χ0) is 22.1. The van der Waals surface area contributed by atoms with E-state index < -0.39 is 0 Å². The molecule has 0 saturated heterocycles. The van der Waals surface area contributed by atoms with Crippen LogP contribution in [0.5, 0.6) is 0 Å². The van der Waals surface area contributed by atoms with E-state index in [-0.39, 0.29) is 11.7 Å². The highest BCUT2D eigenvalue weighted by atomic mass is 32.2. The molecule has 0 radical (unpaired) electrons. The Bertz CT molecular complexity index is 1050. The van der Waals surface area contributed by atoms with Crippen molar-refractivity contribution in [2.24, 2.45) is 5.10 Å². The van der Waals surface area contributed by atoms with Crippen molar-refractivity contribution in [3.8, 4) is 0 Å². The fourth-order valence-electron chi connectivity index (χ4n) is 2.28. The molecule has 10 heteroatoms. The van der Waals surface area contributed by atoms with Crippen LogP contribution in [0, 0.1) is 13.8 Å². The fourth-order valence-corrected chi connectivity index (χ4v) is 5.22. The first kappa shape index (κ1) is 23.4. The molecule has 3 rings (SSSR count). The van der Waals surface area contributed by atoms with E-state index in [0.29, 0.717) is 4.99 Å². The third-order valence-corrected chi connectivity index (χ3v) is 7.36. The third kappa shape index (κ3) is 8.41. The summed E-state index contributed by atoms with van der Waals surface area (Å²) in [7, 11) is 0. The number of thiocarbonyl (C=S) groups is 1. The van der Waals surface area contributed by atoms with Crippen LogP contribution in [-0.4, -0.2) is 33.1 Å². The Morgan fingerprint density at radius 3 is 2.32 bits per heavy atom. The van der Waals surface area contributed by atoms with Crippen molar-refractivity contribution in [1.82, 2.24) is 15.6 Å². The van der Waals surface area contributed by atoms with Gasteiger partial charge in [0.1, 0.15) is 4.99 Å². The summed E-state index contributed by atoms with van der Waals surface area (Å²) in [5.41, 5.74) is 7.00. The number of aryl methyl sites for hydroxylation is 2. The van der Waals surface area contributed by atoms with Crippen LogP contribution < -0.4 is 10.7 Å². The van der Waals surface area contributed by atoms with E-state index in [1.54, 1.807) is 11.8 Å². The van der Waals surface area contributed by atoms with Gasteiger partial charge in [-0.25, -0.2) is 5.43 Å². The zero-order valence-corrected chi connectivity index (χ0v) is 20.3. The molecule has 0 unspecified atom stereocenters. The van der Waals surface area contributed by atoms with E-state index in [1.165, 1.54) is 46.0 Å². The number of carbonyl (C=O) groups excluding carboxylic acids is 1. The Balaban J connectivity index is 1.36. The van der Waals surface area contributed by atoms with Gasteiger partial charge >= 0.3 is 0 Å². The Morgan fingerprint density at radius 1 is 1.03 bits per heavy atom. The predicted molar refractivity (Wildman–Crippen MR) is 135 cm³/mol. The smallest absolute Gasteiger partial charge is 0.250 e. The number of benzene rings is 2. The van der Waals surface area contributed by atoms with E-state index in [2.05, 4.69) is 57.2 Å². The summed E-state index contributed by atoms with van der Waals surface area (Å²) in [6, 6.07) is 16.3. The van der Waals surface area contributed by atoms with E-state index in [1.807, 2.05) is 31.2 Å². The molecule has 1 heterocycles. The number of nitrogens with one attached hydrogen (secondary N) is 2. The number of thioether (sulfide) groups is 2. The van der Waals surface area contributed by atoms with Gasteiger partial charge in [-0.2, -0.15) is 5.10 Å². The average Bonchev–Trinajstić information content (AvgIpc) is 3.21. The van der Waals surface area contributed by atoms with Crippen molar-refractivity contribution in [2.75, 3.05) is 11.1 Å². The Kier molecular flexibility index (Phi) is 9.01. The van der Waals surface area contributed by atoms with Gasteiger partial charge in [0, 0.05) is 11.4 Å². The molecule has 0 saturated carbocycles. The topological polar surface area (TPSA) is 79.3 Å². The Morgan fingerprint density at radius 2 is 1.65 bits per heavy atom. The molecule has 2 aromatic carbocycles. The molecule has 31 heavy (non-hydrogen) atoms. The number of anilines is 1. The van der Waals surface area contributed by atoms with Gasteiger partial charge in [0.05, 0.1) is 12.0 Å². The number of hydrazone groups is 1. The van der Waals surface area contributed by atoms with Gasteiger partial charge in [0.15, 0.2) is 8.68 Å². The molecule has 0 aliphatic heterocycles. The van der Waals surface area contributed by atoms with Crippen LogP contribution in [0.25, 0.3) is 0 Å². The molecule has 160 valence electrons. The molecule has 3 aromatic rings. The van der Waals surface area contributed by atoms with Crippen LogP contribution in [0.4, 0.5) is 5.69 Å². The maximum atomic E-state index is 12.0. The first-order valence-electron chi connectivity index (χ1n) is 9.32. The summed E-state index contributed by atoms with van der Waals surface area (Å²) >= 11 is 9.65. The lowest BCUT2D eigenvalue weighted by molar-refractivity contribution is -0.118. The lowest BCUT2D eigenvalue weighted by atomic mass is 10.2. The van der Waals surface area contributed by atoms with E-state index in [4.69, 9.17) is 12.2 Å². The van der Waals surface area contributed by atoms with Crippen LogP contribution >= 0.6 is 47.1 Å². The van der Waals surface area contributed by atoms with E-state index in [0.717, 1.165) is 20.1 Å². The molecule has 1 amide bonds. The second-order valence-corrected chi connectivity index (χ2v) is 10.4. The third-order valence-electron chi connectivity index (χ3n) is 3.89. The van der Waals surface area contributed by atoms with Crippen molar-refractivity contribution in [3.05, 3.63) is 65.2 Å². The number of hydrogen-bond acceptors (Lipinski definition) is 8. The molecule has 0 aliphatic carbocycles. The number of aromatic nitrogens is 2. The summed E-state index contributed by atoms with van der Waals surface area (Å²) in [4.78, 5) is 12.4. The van der Waals surface area contributed by atoms with Gasteiger partial charge in [-0.3, -0.25) is 4.79 Å². The van der Waals surface area contributed by atoms with Crippen molar-refractivity contribution >= 4 is 69.9 Å². The SMILES string of the molecule is Cc1ccc(CSc2nnc(SCC(=O)NN=CC(=S)Nc3ccc(C)cc3)s2)cc1. The first-order valence-corrected chi connectivity index (χ1v) is 12.5. The van der Waals surface area contributed by atoms with Gasteiger partial charge in [-0.05, 0) is 31.5 Å². The maximum absolute atomic E-state index is 12.0. The average molecular weight is 488 g/mol. The molecule has 0 spiro atoms. The molecule has 0 bridgehead atoms. The number of carbonyl (C=O) groups is 1. The normalized spacial score (nSPS) is 10.9. The van der Waals surface area contributed by atoms with Crippen LogP contribution in [0.1, 0.15) is 16.7 Å². The Hall–Kier alpha value is -2.27. The lowest BCUT2D eigenvalue weighted by Gasteiger charge is -2.04. The highest BCUT2D eigenvalue weighted by Gasteiger charge is 2.08. The van der Waals surface area contributed by atoms with E-state index >= 15 is 0 Å². The minimum absolute atomic E-state index is 0.201. The molecule has 0 aliphatic rings. The molecule has 0 atom stereocenters. The molecular formula is C21H21N5OS4. The molecule has 6 nitrogen and oxygen atoms in total. The second kappa shape index (κ2) is 11.9. The minimum Gasteiger partial charge on any atom is -0.345 e. The van der Waals surface area contributed by atoms with Gasteiger partial charge in [-0.1, -0.05) is 94.6 Å². The predicted octanol–water partition coefficient (Wildman–Crippen LogP) is 5.08. The summed E-state index contributed by atoms with van der Waals surface area (Å²) < 4.78 is 1.64. The molecule has 1 aromatic heterocycles. The van der Waals surface area contributed by atoms with Crippen molar-refractivity contribution in [2.45, 2.75) is 28.3 Å². The second-order valence-electron chi connectivity index (χ2n) is 6.55. The summed E-state index contributed by atoms with van der Waals surface area (Å²) in [6.07, 6.45) is 1.41. The molecule has 2 N–H and O–H groups in total. The highest BCUT2D eigenvalue weighted by Crippen LogP contribution is 2.30. The minimum atomic E-state index is -0.233. The highest BCUT2D eigenvalue weighted by molar-refractivity contribution is 8.03. The zero-order valence-electron chi connectivity index (χ0n) is 17.0.